The highest BCUT2D eigenvalue weighted by Gasteiger charge is 2.21. The van der Waals surface area contributed by atoms with Crippen molar-refractivity contribution in [2.45, 2.75) is 4.90 Å². The number of amides is 1. The zero-order valence-electron chi connectivity index (χ0n) is 16.1. The van der Waals surface area contributed by atoms with Gasteiger partial charge in [0.1, 0.15) is 16.5 Å². The molecule has 0 spiro atoms. The fourth-order valence-corrected chi connectivity index (χ4v) is 3.90. The molecule has 0 bridgehead atoms. The summed E-state index contributed by atoms with van der Waals surface area (Å²) in [7, 11) is -0.657. The highest BCUT2D eigenvalue weighted by Crippen LogP contribution is 2.29. The lowest BCUT2D eigenvalue weighted by Gasteiger charge is -2.15. The molecule has 3 rings (SSSR count). The number of aromatic nitrogens is 1. The van der Waals surface area contributed by atoms with Crippen LogP contribution in [0.3, 0.4) is 0 Å². The maximum absolute atomic E-state index is 14.0. The van der Waals surface area contributed by atoms with Gasteiger partial charge in [0.2, 0.25) is 0 Å². The Labute approximate surface area is 178 Å². The van der Waals surface area contributed by atoms with Gasteiger partial charge >= 0.3 is 0 Å². The van der Waals surface area contributed by atoms with Crippen molar-refractivity contribution >= 4 is 44.7 Å². The third-order valence-electron chi connectivity index (χ3n) is 4.07. The summed E-state index contributed by atoms with van der Waals surface area (Å²) in [6.07, 6.45) is 1.49. The van der Waals surface area contributed by atoms with Crippen LogP contribution in [-0.2, 0) is 10.0 Å². The molecule has 30 heavy (non-hydrogen) atoms. The Kier molecular flexibility index (Phi) is 6.23. The molecule has 7 nitrogen and oxygen atoms in total. The maximum atomic E-state index is 14.0. The van der Waals surface area contributed by atoms with Crippen LogP contribution in [-0.4, -0.2) is 33.4 Å². The first-order valence-electron chi connectivity index (χ1n) is 8.69. The number of pyridine rings is 1. The molecule has 10 heteroatoms. The molecule has 0 aliphatic rings. The van der Waals surface area contributed by atoms with E-state index in [0.717, 1.165) is 12.1 Å². The largest absolute Gasteiger partial charge is 0.363 e. The minimum atomic E-state index is -4.23. The van der Waals surface area contributed by atoms with E-state index in [1.54, 1.807) is 25.1 Å². The van der Waals surface area contributed by atoms with Crippen LogP contribution in [0.2, 0.25) is 5.02 Å². The van der Waals surface area contributed by atoms with Gasteiger partial charge in [-0.1, -0.05) is 23.7 Å². The van der Waals surface area contributed by atoms with E-state index in [0.29, 0.717) is 11.4 Å². The van der Waals surface area contributed by atoms with Crippen LogP contribution in [0.4, 0.5) is 21.6 Å². The van der Waals surface area contributed by atoms with E-state index in [1.165, 1.54) is 42.6 Å². The molecule has 1 amide bonds. The molecule has 0 saturated carbocycles. The zero-order chi connectivity index (χ0) is 21.9. The van der Waals surface area contributed by atoms with Crippen LogP contribution in [0, 0.1) is 5.82 Å². The van der Waals surface area contributed by atoms with Crippen LogP contribution >= 0.6 is 11.6 Å². The minimum Gasteiger partial charge on any atom is -0.363 e. The summed E-state index contributed by atoms with van der Waals surface area (Å²) in [5, 5.41) is 2.91. The summed E-state index contributed by atoms with van der Waals surface area (Å²) >= 11 is 6.02. The van der Waals surface area contributed by atoms with Crippen LogP contribution in [0.5, 0.6) is 0 Å². The summed E-state index contributed by atoms with van der Waals surface area (Å²) in [6.45, 7) is 0. The predicted molar refractivity (Wildman–Crippen MR) is 115 cm³/mol. The molecular weight excluding hydrogens is 431 g/mol. The SMILES string of the molecule is CN(C)c1cc(C(=O)Nc2cc(Cl)ccc2NS(=O)(=O)c2ccccc2F)ccn1. The molecule has 1 heterocycles. The number of nitrogens with zero attached hydrogens (tertiary/aromatic N) is 2. The van der Waals surface area contributed by atoms with E-state index in [2.05, 4.69) is 15.0 Å². The number of nitrogens with one attached hydrogen (secondary N) is 2. The maximum Gasteiger partial charge on any atom is 0.264 e. The van der Waals surface area contributed by atoms with Crippen molar-refractivity contribution < 1.29 is 17.6 Å². The first kappa shape index (κ1) is 21.5. The van der Waals surface area contributed by atoms with Gasteiger partial charge in [-0.15, -0.1) is 0 Å². The second kappa shape index (κ2) is 8.68. The second-order valence-electron chi connectivity index (χ2n) is 6.48. The molecule has 156 valence electrons. The first-order valence-corrected chi connectivity index (χ1v) is 10.5. The van der Waals surface area contributed by atoms with Crippen molar-refractivity contribution in [3.63, 3.8) is 0 Å². The Morgan fingerprint density at radius 2 is 1.80 bits per heavy atom. The molecular formula is C20H18ClFN4O3S. The normalized spacial score (nSPS) is 11.1. The predicted octanol–water partition coefficient (Wildman–Crippen LogP) is 3.99. The molecule has 2 N–H and O–H groups in total. The van der Waals surface area contributed by atoms with E-state index in [9.17, 15) is 17.6 Å². The molecule has 0 unspecified atom stereocenters. The third-order valence-corrected chi connectivity index (χ3v) is 5.70. The number of hydrogen-bond donors (Lipinski definition) is 2. The van der Waals surface area contributed by atoms with E-state index in [1.807, 2.05) is 0 Å². The van der Waals surface area contributed by atoms with E-state index < -0.39 is 26.6 Å². The summed E-state index contributed by atoms with van der Waals surface area (Å²) < 4.78 is 41.5. The van der Waals surface area contributed by atoms with Gasteiger partial charge in [-0.3, -0.25) is 9.52 Å². The number of halogens is 2. The average molecular weight is 449 g/mol. The molecule has 2 aromatic carbocycles. The lowest BCUT2D eigenvalue weighted by atomic mass is 10.2. The van der Waals surface area contributed by atoms with E-state index in [4.69, 9.17) is 11.6 Å². The number of carbonyl (C=O) groups excluding carboxylic acids is 1. The van der Waals surface area contributed by atoms with Crippen molar-refractivity contribution in [2.75, 3.05) is 29.0 Å². The number of hydrogen-bond acceptors (Lipinski definition) is 5. The topological polar surface area (TPSA) is 91.4 Å². The molecule has 0 atom stereocenters. The fourth-order valence-electron chi connectivity index (χ4n) is 2.57. The zero-order valence-corrected chi connectivity index (χ0v) is 17.6. The molecule has 0 saturated heterocycles. The summed E-state index contributed by atoms with van der Waals surface area (Å²) in [6, 6.07) is 12.3. The number of sulfonamides is 1. The number of benzene rings is 2. The van der Waals surface area contributed by atoms with Gasteiger partial charge in [0.15, 0.2) is 0 Å². The quantitative estimate of drug-likeness (QED) is 0.595. The minimum absolute atomic E-state index is 0.0397. The van der Waals surface area contributed by atoms with Crippen molar-refractivity contribution in [1.29, 1.82) is 0 Å². The van der Waals surface area contributed by atoms with E-state index >= 15 is 0 Å². The highest BCUT2D eigenvalue weighted by atomic mass is 35.5. The molecule has 3 aromatic rings. The van der Waals surface area contributed by atoms with Gasteiger partial charge in [-0.25, -0.2) is 17.8 Å². The van der Waals surface area contributed by atoms with Crippen LogP contribution in [0.15, 0.2) is 65.7 Å². The molecule has 0 aliphatic heterocycles. The Balaban J connectivity index is 1.92. The first-order chi connectivity index (χ1) is 14.2. The lowest BCUT2D eigenvalue weighted by molar-refractivity contribution is 0.102. The average Bonchev–Trinajstić information content (AvgIpc) is 2.70. The van der Waals surface area contributed by atoms with Crippen molar-refractivity contribution in [3.05, 3.63) is 77.2 Å². The van der Waals surface area contributed by atoms with Gasteiger partial charge < -0.3 is 10.2 Å². The lowest BCUT2D eigenvalue weighted by Crippen LogP contribution is -2.18. The summed E-state index contributed by atoms with van der Waals surface area (Å²) in [4.78, 5) is 18.1. The number of anilines is 3. The van der Waals surface area contributed by atoms with Gasteiger partial charge in [-0.05, 0) is 42.5 Å². The Morgan fingerprint density at radius 1 is 1.07 bits per heavy atom. The molecule has 0 fully saturated rings. The van der Waals surface area contributed by atoms with Crippen LogP contribution in [0.25, 0.3) is 0 Å². The van der Waals surface area contributed by atoms with Crippen LogP contribution < -0.4 is 14.9 Å². The summed E-state index contributed by atoms with van der Waals surface area (Å²) in [5.41, 5.74) is 0.477. The van der Waals surface area contributed by atoms with Crippen LogP contribution in [0.1, 0.15) is 10.4 Å². The van der Waals surface area contributed by atoms with Crippen molar-refractivity contribution in [3.8, 4) is 0 Å². The van der Waals surface area contributed by atoms with Crippen molar-refractivity contribution in [2.24, 2.45) is 0 Å². The molecule has 0 aliphatic carbocycles. The highest BCUT2D eigenvalue weighted by molar-refractivity contribution is 7.92. The number of carbonyl (C=O) groups is 1. The standard InChI is InChI=1S/C20H18ClFN4O3S/c1-26(2)19-11-13(9-10-23-19)20(27)24-17-12-14(21)7-8-16(17)25-30(28,29)18-6-4-3-5-15(18)22/h3-12,25H,1-2H3,(H,24,27). The fraction of sp³-hybridized carbons (Fsp3) is 0.100. The monoisotopic (exact) mass is 448 g/mol. The van der Waals surface area contributed by atoms with Gasteiger partial charge in [0.25, 0.3) is 15.9 Å². The third kappa shape index (κ3) is 4.87. The molecule has 1 aromatic heterocycles. The van der Waals surface area contributed by atoms with Gasteiger partial charge in [0, 0.05) is 30.9 Å². The summed E-state index contributed by atoms with van der Waals surface area (Å²) in [5.74, 6) is -0.805. The van der Waals surface area contributed by atoms with Gasteiger partial charge in [-0.2, -0.15) is 0 Å². The number of rotatable bonds is 6. The Morgan fingerprint density at radius 3 is 2.50 bits per heavy atom. The second-order valence-corrected chi connectivity index (χ2v) is 8.56. The Hall–Kier alpha value is -3.17. The van der Waals surface area contributed by atoms with Crippen molar-refractivity contribution in [1.82, 2.24) is 4.98 Å². The molecule has 0 radical (unpaired) electrons. The Bertz CT molecular complexity index is 1200. The van der Waals surface area contributed by atoms with Gasteiger partial charge in [0.05, 0.1) is 11.4 Å². The van der Waals surface area contributed by atoms with E-state index in [-0.39, 0.29) is 16.4 Å². The smallest absolute Gasteiger partial charge is 0.264 e.